The molecule has 1 saturated heterocycles. The van der Waals surface area contributed by atoms with E-state index < -0.39 is 17.5 Å². The Balaban J connectivity index is 1.76. The Hall–Kier alpha value is -2.83. The van der Waals surface area contributed by atoms with Gasteiger partial charge in [0.1, 0.15) is 6.54 Å². The van der Waals surface area contributed by atoms with Crippen LogP contribution in [0, 0.1) is 24.4 Å². The maximum absolute atomic E-state index is 13.5. The van der Waals surface area contributed by atoms with Crippen molar-refractivity contribution in [2.75, 3.05) is 13.1 Å². The summed E-state index contributed by atoms with van der Waals surface area (Å²) in [5, 5.41) is 0. The van der Waals surface area contributed by atoms with E-state index >= 15 is 0 Å². The van der Waals surface area contributed by atoms with Crippen molar-refractivity contribution in [3.63, 3.8) is 0 Å². The fourth-order valence-corrected chi connectivity index (χ4v) is 3.16. The van der Waals surface area contributed by atoms with Crippen LogP contribution in [0.2, 0.25) is 0 Å². The zero-order chi connectivity index (χ0) is 18.4. The number of nitrogens with zero attached hydrogens (tertiary/aromatic N) is 3. The van der Waals surface area contributed by atoms with Gasteiger partial charge in [0, 0.05) is 31.0 Å². The van der Waals surface area contributed by atoms with Crippen LogP contribution in [-0.4, -0.2) is 33.4 Å². The standard InChI is InChI=1S/C19H16F3N3O/c1-11-9-25(10-17(26)24-3-2-4-24)16-7-13(8-23-19(11)16)12-5-14(20)18(22)15(21)6-12/h5-9H,2-4,10H2,1H3. The summed E-state index contributed by atoms with van der Waals surface area (Å²) in [7, 11) is 0. The van der Waals surface area contributed by atoms with Gasteiger partial charge in [-0.1, -0.05) is 0 Å². The molecule has 0 unspecified atom stereocenters. The van der Waals surface area contributed by atoms with Crippen molar-refractivity contribution in [3.05, 3.63) is 53.6 Å². The molecule has 0 aliphatic carbocycles. The van der Waals surface area contributed by atoms with Gasteiger partial charge >= 0.3 is 0 Å². The van der Waals surface area contributed by atoms with Crippen LogP contribution in [-0.2, 0) is 11.3 Å². The highest BCUT2D eigenvalue weighted by atomic mass is 19.2. The largest absolute Gasteiger partial charge is 0.341 e. The molecule has 2 aromatic heterocycles. The summed E-state index contributed by atoms with van der Waals surface area (Å²) < 4.78 is 42.1. The quantitative estimate of drug-likeness (QED) is 0.670. The van der Waals surface area contributed by atoms with Gasteiger partial charge in [-0.2, -0.15) is 0 Å². The second-order valence-electron chi connectivity index (χ2n) is 6.52. The van der Waals surface area contributed by atoms with Gasteiger partial charge in [0.15, 0.2) is 17.5 Å². The molecule has 3 aromatic rings. The highest BCUT2D eigenvalue weighted by Crippen LogP contribution is 2.28. The van der Waals surface area contributed by atoms with Crippen molar-refractivity contribution in [2.24, 2.45) is 0 Å². The molecule has 1 fully saturated rings. The van der Waals surface area contributed by atoms with E-state index in [4.69, 9.17) is 0 Å². The van der Waals surface area contributed by atoms with Crippen LogP contribution in [0.15, 0.2) is 30.6 Å². The lowest BCUT2D eigenvalue weighted by atomic mass is 10.1. The number of pyridine rings is 1. The maximum Gasteiger partial charge on any atom is 0.242 e. The molecule has 4 rings (SSSR count). The molecule has 4 nitrogen and oxygen atoms in total. The molecule has 0 atom stereocenters. The Bertz CT molecular complexity index is 1000. The van der Waals surface area contributed by atoms with Gasteiger partial charge in [0.2, 0.25) is 5.91 Å². The molecule has 1 aliphatic heterocycles. The van der Waals surface area contributed by atoms with E-state index in [2.05, 4.69) is 4.98 Å². The maximum atomic E-state index is 13.5. The predicted molar refractivity (Wildman–Crippen MR) is 91.0 cm³/mol. The Kier molecular flexibility index (Phi) is 3.94. The minimum absolute atomic E-state index is 0.0254. The summed E-state index contributed by atoms with van der Waals surface area (Å²) in [6, 6.07) is 3.59. The Morgan fingerprint density at radius 2 is 1.81 bits per heavy atom. The lowest BCUT2D eigenvalue weighted by Crippen LogP contribution is -2.43. The van der Waals surface area contributed by atoms with Gasteiger partial charge in [0.05, 0.1) is 11.0 Å². The zero-order valence-electron chi connectivity index (χ0n) is 14.1. The first-order valence-corrected chi connectivity index (χ1v) is 8.32. The van der Waals surface area contributed by atoms with Crippen LogP contribution < -0.4 is 0 Å². The van der Waals surface area contributed by atoms with Crippen molar-refractivity contribution >= 4 is 16.9 Å². The third-order valence-corrected chi connectivity index (χ3v) is 4.73. The smallest absolute Gasteiger partial charge is 0.242 e. The van der Waals surface area contributed by atoms with E-state index in [1.54, 1.807) is 15.5 Å². The molecular weight excluding hydrogens is 343 g/mol. The van der Waals surface area contributed by atoms with Gasteiger partial charge in [0.25, 0.3) is 0 Å². The number of carbonyl (C=O) groups is 1. The normalized spacial score (nSPS) is 13.9. The Morgan fingerprint density at radius 1 is 1.12 bits per heavy atom. The van der Waals surface area contributed by atoms with Crippen molar-refractivity contribution in [3.8, 4) is 11.1 Å². The summed E-state index contributed by atoms with van der Waals surface area (Å²) in [5.74, 6) is -3.97. The summed E-state index contributed by atoms with van der Waals surface area (Å²) in [5.41, 5.74) is 2.95. The van der Waals surface area contributed by atoms with E-state index in [1.165, 1.54) is 6.20 Å². The Labute approximate surface area is 147 Å². The lowest BCUT2D eigenvalue weighted by molar-refractivity contribution is -0.135. The van der Waals surface area contributed by atoms with Crippen molar-refractivity contribution < 1.29 is 18.0 Å². The molecule has 1 amide bonds. The summed E-state index contributed by atoms with van der Waals surface area (Å²) in [6.45, 7) is 3.61. The average Bonchev–Trinajstić information content (AvgIpc) is 2.86. The van der Waals surface area contributed by atoms with Gasteiger partial charge in [-0.15, -0.1) is 0 Å². The zero-order valence-corrected chi connectivity index (χ0v) is 14.1. The molecular formula is C19H16F3N3O. The fourth-order valence-electron chi connectivity index (χ4n) is 3.16. The molecule has 26 heavy (non-hydrogen) atoms. The van der Waals surface area contributed by atoms with Crippen LogP contribution in [0.5, 0.6) is 0 Å². The van der Waals surface area contributed by atoms with Crippen molar-refractivity contribution in [1.82, 2.24) is 14.5 Å². The van der Waals surface area contributed by atoms with Crippen LogP contribution in [0.25, 0.3) is 22.2 Å². The van der Waals surface area contributed by atoms with Gasteiger partial charge < -0.3 is 9.47 Å². The van der Waals surface area contributed by atoms with E-state index in [-0.39, 0.29) is 18.0 Å². The molecule has 0 bridgehead atoms. The predicted octanol–water partition coefficient (Wildman–Crippen LogP) is 3.66. The topological polar surface area (TPSA) is 38.1 Å². The fraction of sp³-hybridized carbons (Fsp3) is 0.263. The third kappa shape index (κ3) is 2.73. The first-order chi connectivity index (χ1) is 12.4. The molecule has 7 heteroatoms. The number of likely N-dealkylation sites (tertiary alicyclic amines) is 1. The first kappa shape index (κ1) is 16.6. The molecule has 134 valence electrons. The monoisotopic (exact) mass is 359 g/mol. The summed E-state index contributed by atoms with van der Waals surface area (Å²) in [4.78, 5) is 18.4. The van der Waals surface area contributed by atoms with E-state index in [9.17, 15) is 18.0 Å². The SMILES string of the molecule is Cc1cn(CC(=O)N2CCC2)c2cc(-c3cc(F)c(F)c(F)c3)cnc12. The third-order valence-electron chi connectivity index (χ3n) is 4.73. The number of hydrogen-bond acceptors (Lipinski definition) is 2. The Morgan fingerprint density at radius 3 is 2.42 bits per heavy atom. The second-order valence-corrected chi connectivity index (χ2v) is 6.52. The molecule has 0 radical (unpaired) electrons. The van der Waals surface area contributed by atoms with E-state index in [1.807, 2.05) is 13.1 Å². The number of aromatic nitrogens is 2. The highest BCUT2D eigenvalue weighted by Gasteiger charge is 2.21. The van der Waals surface area contributed by atoms with E-state index in [0.717, 1.165) is 37.2 Å². The second kappa shape index (κ2) is 6.16. The van der Waals surface area contributed by atoms with Gasteiger partial charge in [-0.25, -0.2) is 13.2 Å². The molecule has 0 N–H and O–H groups in total. The number of fused-ring (bicyclic) bond motifs is 1. The molecule has 0 spiro atoms. The van der Waals surface area contributed by atoms with Crippen molar-refractivity contribution in [1.29, 1.82) is 0 Å². The highest BCUT2D eigenvalue weighted by molar-refractivity contribution is 5.86. The molecule has 1 aromatic carbocycles. The van der Waals surface area contributed by atoms with E-state index in [0.29, 0.717) is 16.6 Å². The molecule has 1 aliphatic rings. The van der Waals surface area contributed by atoms with Crippen LogP contribution in [0.3, 0.4) is 0 Å². The number of rotatable bonds is 3. The van der Waals surface area contributed by atoms with Crippen LogP contribution in [0.4, 0.5) is 13.2 Å². The number of carbonyl (C=O) groups excluding carboxylic acids is 1. The summed E-state index contributed by atoms with van der Waals surface area (Å²) >= 11 is 0. The van der Waals surface area contributed by atoms with Crippen molar-refractivity contribution in [2.45, 2.75) is 19.9 Å². The lowest BCUT2D eigenvalue weighted by Gasteiger charge is -2.31. The minimum Gasteiger partial charge on any atom is -0.341 e. The number of halogens is 3. The first-order valence-electron chi connectivity index (χ1n) is 8.32. The number of benzene rings is 1. The summed E-state index contributed by atoms with van der Waals surface area (Å²) in [6.07, 6.45) is 4.35. The van der Waals surface area contributed by atoms with Gasteiger partial charge in [-0.05, 0) is 42.7 Å². The van der Waals surface area contributed by atoms with Gasteiger partial charge in [-0.3, -0.25) is 9.78 Å². The number of amides is 1. The average molecular weight is 359 g/mol. The molecule has 0 saturated carbocycles. The number of aryl methyl sites for hydroxylation is 1. The number of hydrogen-bond donors (Lipinski definition) is 0. The minimum atomic E-state index is -1.50. The van der Waals surface area contributed by atoms with Crippen LogP contribution >= 0.6 is 0 Å². The molecule has 3 heterocycles. The van der Waals surface area contributed by atoms with Crippen LogP contribution in [0.1, 0.15) is 12.0 Å².